The highest BCUT2D eigenvalue weighted by Gasteiger charge is 2.19. The van der Waals surface area contributed by atoms with Crippen molar-refractivity contribution >= 4 is 0 Å². The van der Waals surface area contributed by atoms with Crippen LogP contribution in [0.4, 0.5) is 8.78 Å². The molecule has 1 aliphatic carbocycles. The molecule has 0 amide bonds. The van der Waals surface area contributed by atoms with Gasteiger partial charge in [0, 0.05) is 37.3 Å². The van der Waals surface area contributed by atoms with E-state index < -0.39 is 11.6 Å². The lowest BCUT2D eigenvalue weighted by atomic mass is 10.2. The van der Waals surface area contributed by atoms with Gasteiger partial charge in [-0.2, -0.15) is 0 Å². The Morgan fingerprint density at radius 2 is 2.00 bits per heavy atom. The average Bonchev–Trinajstić information content (AvgIpc) is 3.16. The second kappa shape index (κ2) is 6.11. The number of halogens is 2. The molecule has 0 saturated heterocycles. The van der Waals surface area contributed by atoms with Crippen LogP contribution in [0.5, 0.6) is 5.75 Å². The predicted molar refractivity (Wildman–Crippen MR) is 65.6 cm³/mol. The first-order chi connectivity index (χ1) is 8.70. The number of ether oxygens (including phenoxy) is 1. The Hall–Kier alpha value is -1.20. The van der Waals surface area contributed by atoms with Crippen molar-refractivity contribution in [3.05, 3.63) is 29.3 Å². The molecule has 3 nitrogen and oxygen atoms in total. The van der Waals surface area contributed by atoms with Crippen molar-refractivity contribution in [3.8, 4) is 5.75 Å². The van der Waals surface area contributed by atoms with Crippen molar-refractivity contribution in [2.24, 2.45) is 0 Å². The third kappa shape index (κ3) is 3.65. The monoisotopic (exact) mass is 256 g/mol. The van der Waals surface area contributed by atoms with Crippen molar-refractivity contribution < 1.29 is 13.5 Å². The molecule has 0 aliphatic heterocycles. The molecule has 1 aromatic carbocycles. The molecule has 100 valence electrons. The zero-order valence-corrected chi connectivity index (χ0v) is 10.4. The number of methoxy groups -OCH3 is 1. The van der Waals surface area contributed by atoms with Crippen LogP contribution < -0.4 is 15.4 Å². The third-order valence-corrected chi connectivity index (χ3v) is 2.95. The van der Waals surface area contributed by atoms with Crippen molar-refractivity contribution in [1.82, 2.24) is 10.6 Å². The van der Waals surface area contributed by atoms with Crippen LogP contribution in [0.3, 0.4) is 0 Å². The molecular weight excluding hydrogens is 238 g/mol. The maximum Gasteiger partial charge on any atom is 0.165 e. The molecule has 5 heteroatoms. The quantitative estimate of drug-likeness (QED) is 0.730. The summed E-state index contributed by atoms with van der Waals surface area (Å²) in [6.07, 6.45) is 2.50. The van der Waals surface area contributed by atoms with Crippen LogP contribution in [-0.2, 0) is 6.54 Å². The number of benzene rings is 1. The van der Waals surface area contributed by atoms with Crippen molar-refractivity contribution in [1.29, 1.82) is 0 Å². The fourth-order valence-electron chi connectivity index (χ4n) is 1.74. The summed E-state index contributed by atoms with van der Waals surface area (Å²) in [5.41, 5.74) is 0.319. The minimum absolute atomic E-state index is 0.0633. The van der Waals surface area contributed by atoms with E-state index in [4.69, 9.17) is 4.74 Å². The van der Waals surface area contributed by atoms with Gasteiger partial charge in [0.1, 0.15) is 5.82 Å². The summed E-state index contributed by atoms with van der Waals surface area (Å²) in [4.78, 5) is 0. The Balaban J connectivity index is 1.78. The van der Waals surface area contributed by atoms with Gasteiger partial charge in [0.15, 0.2) is 11.6 Å². The highest BCUT2D eigenvalue weighted by Crippen LogP contribution is 2.21. The molecule has 1 aromatic rings. The standard InChI is InChI=1S/C13H18F2N2O/c1-18-13-7-11(14)9(6-12(13)15)8-16-4-5-17-10-2-3-10/h6-7,10,16-17H,2-5,8H2,1H3. The normalized spacial score (nSPS) is 14.8. The van der Waals surface area contributed by atoms with E-state index in [2.05, 4.69) is 10.6 Å². The predicted octanol–water partition coefficient (Wildman–Crippen LogP) is 1.81. The van der Waals surface area contributed by atoms with Crippen LogP contribution in [0.25, 0.3) is 0 Å². The average molecular weight is 256 g/mol. The van der Waals surface area contributed by atoms with Gasteiger partial charge in [-0.05, 0) is 18.9 Å². The Kier molecular flexibility index (Phi) is 4.49. The summed E-state index contributed by atoms with van der Waals surface area (Å²) in [5.74, 6) is -1.05. The van der Waals surface area contributed by atoms with Crippen LogP contribution in [0, 0.1) is 11.6 Å². The smallest absolute Gasteiger partial charge is 0.165 e. The van der Waals surface area contributed by atoms with Gasteiger partial charge in [0.2, 0.25) is 0 Å². The summed E-state index contributed by atoms with van der Waals surface area (Å²) in [6.45, 7) is 1.91. The number of nitrogens with one attached hydrogen (secondary N) is 2. The minimum Gasteiger partial charge on any atom is -0.494 e. The molecular formula is C13H18F2N2O. The Labute approximate surface area is 106 Å². The van der Waals surface area contributed by atoms with E-state index in [-0.39, 0.29) is 5.75 Å². The molecule has 1 saturated carbocycles. The van der Waals surface area contributed by atoms with E-state index in [0.717, 1.165) is 19.2 Å². The number of hydrogen-bond acceptors (Lipinski definition) is 3. The van der Waals surface area contributed by atoms with Gasteiger partial charge in [-0.3, -0.25) is 0 Å². The lowest BCUT2D eigenvalue weighted by Gasteiger charge is -2.09. The molecule has 0 unspecified atom stereocenters. The van der Waals surface area contributed by atoms with Gasteiger partial charge in [0.25, 0.3) is 0 Å². The maximum atomic E-state index is 13.6. The molecule has 0 heterocycles. The minimum atomic E-state index is -0.535. The SMILES string of the molecule is COc1cc(F)c(CNCCNC2CC2)cc1F. The van der Waals surface area contributed by atoms with E-state index in [1.165, 1.54) is 26.0 Å². The summed E-state index contributed by atoms with van der Waals surface area (Å²) in [7, 11) is 1.32. The van der Waals surface area contributed by atoms with E-state index >= 15 is 0 Å². The Morgan fingerprint density at radius 3 is 2.67 bits per heavy atom. The lowest BCUT2D eigenvalue weighted by molar-refractivity contribution is 0.381. The highest BCUT2D eigenvalue weighted by molar-refractivity contribution is 5.30. The van der Waals surface area contributed by atoms with Crippen LogP contribution in [0.1, 0.15) is 18.4 Å². The molecule has 2 rings (SSSR count). The van der Waals surface area contributed by atoms with Gasteiger partial charge in [-0.25, -0.2) is 8.78 Å². The van der Waals surface area contributed by atoms with Crippen molar-refractivity contribution in [3.63, 3.8) is 0 Å². The van der Waals surface area contributed by atoms with Gasteiger partial charge in [0.05, 0.1) is 7.11 Å². The third-order valence-electron chi connectivity index (χ3n) is 2.95. The molecule has 0 radical (unpaired) electrons. The van der Waals surface area contributed by atoms with E-state index in [9.17, 15) is 8.78 Å². The molecule has 1 fully saturated rings. The topological polar surface area (TPSA) is 33.3 Å². The lowest BCUT2D eigenvalue weighted by Crippen LogP contribution is -2.28. The van der Waals surface area contributed by atoms with Crippen molar-refractivity contribution in [2.45, 2.75) is 25.4 Å². The zero-order valence-electron chi connectivity index (χ0n) is 10.4. The summed E-state index contributed by atoms with van der Waals surface area (Å²) in [5, 5.41) is 6.42. The van der Waals surface area contributed by atoms with Crippen LogP contribution in [0.15, 0.2) is 12.1 Å². The molecule has 0 spiro atoms. The Bertz CT molecular complexity index is 408. The van der Waals surface area contributed by atoms with Crippen LogP contribution >= 0.6 is 0 Å². The first kappa shape index (κ1) is 13.2. The van der Waals surface area contributed by atoms with Crippen LogP contribution in [-0.4, -0.2) is 26.2 Å². The number of rotatable bonds is 7. The first-order valence-electron chi connectivity index (χ1n) is 6.16. The molecule has 2 N–H and O–H groups in total. The van der Waals surface area contributed by atoms with E-state index in [1.54, 1.807) is 0 Å². The van der Waals surface area contributed by atoms with Crippen molar-refractivity contribution in [2.75, 3.05) is 20.2 Å². The largest absolute Gasteiger partial charge is 0.494 e. The van der Waals surface area contributed by atoms with Gasteiger partial charge in [-0.1, -0.05) is 0 Å². The van der Waals surface area contributed by atoms with Crippen LogP contribution in [0.2, 0.25) is 0 Å². The number of hydrogen-bond donors (Lipinski definition) is 2. The summed E-state index contributed by atoms with van der Waals surface area (Å²) in [6, 6.07) is 2.92. The molecule has 0 atom stereocenters. The zero-order chi connectivity index (χ0) is 13.0. The second-order valence-corrected chi connectivity index (χ2v) is 4.48. The van der Waals surface area contributed by atoms with Gasteiger partial charge >= 0.3 is 0 Å². The summed E-state index contributed by atoms with van der Waals surface area (Å²) < 4.78 is 31.7. The molecule has 0 aromatic heterocycles. The fourth-order valence-corrected chi connectivity index (χ4v) is 1.74. The van der Waals surface area contributed by atoms with Gasteiger partial charge < -0.3 is 15.4 Å². The fraction of sp³-hybridized carbons (Fsp3) is 0.538. The Morgan fingerprint density at radius 1 is 1.22 bits per heavy atom. The summed E-state index contributed by atoms with van der Waals surface area (Å²) >= 11 is 0. The van der Waals surface area contributed by atoms with E-state index in [0.29, 0.717) is 18.2 Å². The molecule has 18 heavy (non-hydrogen) atoms. The highest BCUT2D eigenvalue weighted by atomic mass is 19.1. The maximum absolute atomic E-state index is 13.6. The van der Waals surface area contributed by atoms with E-state index in [1.807, 2.05) is 0 Å². The molecule has 0 bridgehead atoms. The van der Waals surface area contributed by atoms with Gasteiger partial charge in [-0.15, -0.1) is 0 Å². The second-order valence-electron chi connectivity index (χ2n) is 4.48. The molecule has 1 aliphatic rings. The first-order valence-corrected chi connectivity index (χ1v) is 6.16.